The van der Waals surface area contributed by atoms with E-state index < -0.39 is 6.04 Å². The van der Waals surface area contributed by atoms with Gasteiger partial charge in [-0.05, 0) is 25.1 Å². The number of methoxy groups -OCH3 is 1. The van der Waals surface area contributed by atoms with Gasteiger partial charge in [-0.1, -0.05) is 11.6 Å². The SMILES string of the molecule is COc1ccc(C(=O)C(C)N)cc1Cl.Cl. The molecule has 0 saturated heterocycles. The van der Waals surface area contributed by atoms with Gasteiger partial charge in [0.1, 0.15) is 5.75 Å². The molecule has 1 atom stereocenters. The van der Waals surface area contributed by atoms with Crippen LogP contribution in [0.15, 0.2) is 18.2 Å². The van der Waals surface area contributed by atoms with Gasteiger partial charge in [0.25, 0.3) is 0 Å². The van der Waals surface area contributed by atoms with Crippen LogP contribution < -0.4 is 10.5 Å². The molecule has 0 fully saturated rings. The first kappa shape index (κ1) is 14.2. The first-order valence-electron chi connectivity index (χ1n) is 4.19. The number of benzene rings is 1. The highest BCUT2D eigenvalue weighted by Crippen LogP contribution is 2.25. The van der Waals surface area contributed by atoms with E-state index in [9.17, 15) is 4.79 Å². The van der Waals surface area contributed by atoms with Crippen molar-refractivity contribution in [3.8, 4) is 5.75 Å². The minimum atomic E-state index is -0.514. The van der Waals surface area contributed by atoms with E-state index in [1.165, 1.54) is 7.11 Å². The van der Waals surface area contributed by atoms with Crippen LogP contribution >= 0.6 is 24.0 Å². The van der Waals surface area contributed by atoms with Gasteiger partial charge in [-0.2, -0.15) is 0 Å². The molecule has 3 nitrogen and oxygen atoms in total. The summed E-state index contributed by atoms with van der Waals surface area (Å²) in [5, 5.41) is 0.416. The lowest BCUT2D eigenvalue weighted by atomic mass is 10.1. The highest BCUT2D eigenvalue weighted by atomic mass is 35.5. The molecule has 1 aromatic rings. The largest absolute Gasteiger partial charge is 0.495 e. The summed E-state index contributed by atoms with van der Waals surface area (Å²) < 4.78 is 4.97. The molecule has 1 unspecified atom stereocenters. The number of halogens is 2. The van der Waals surface area contributed by atoms with E-state index in [1.54, 1.807) is 25.1 Å². The first-order chi connectivity index (χ1) is 6.56. The first-order valence-corrected chi connectivity index (χ1v) is 4.57. The Labute approximate surface area is 100.0 Å². The van der Waals surface area contributed by atoms with E-state index in [-0.39, 0.29) is 18.2 Å². The quantitative estimate of drug-likeness (QED) is 0.837. The third-order valence-corrected chi connectivity index (χ3v) is 2.15. The van der Waals surface area contributed by atoms with Gasteiger partial charge < -0.3 is 10.5 Å². The van der Waals surface area contributed by atoms with Crippen molar-refractivity contribution in [2.45, 2.75) is 13.0 Å². The summed E-state index contributed by atoms with van der Waals surface area (Å²) in [5.74, 6) is 0.419. The van der Waals surface area contributed by atoms with Crippen molar-refractivity contribution in [3.05, 3.63) is 28.8 Å². The Morgan fingerprint density at radius 3 is 2.53 bits per heavy atom. The van der Waals surface area contributed by atoms with Gasteiger partial charge in [-0.15, -0.1) is 12.4 Å². The summed E-state index contributed by atoms with van der Waals surface area (Å²) in [6, 6.07) is 4.35. The molecule has 1 aromatic carbocycles. The molecule has 1 rings (SSSR count). The van der Waals surface area contributed by atoms with Gasteiger partial charge in [0, 0.05) is 5.56 Å². The van der Waals surface area contributed by atoms with Crippen molar-refractivity contribution >= 4 is 29.8 Å². The third kappa shape index (κ3) is 3.38. The Morgan fingerprint density at radius 2 is 2.13 bits per heavy atom. The molecule has 0 amide bonds. The van der Waals surface area contributed by atoms with Gasteiger partial charge in [0.15, 0.2) is 5.78 Å². The lowest BCUT2D eigenvalue weighted by Crippen LogP contribution is -2.26. The van der Waals surface area contributed by atoms with Crippen molar-refractivity contribution in [2.24, 2.45) is 5.73 Å². The summed E-state index contributed by atoms with van der Waals surface area (Å²) in [4.78, 5) is 11.5. The van der Waals surface area contributed by atoms with Gasteiger partial charge in [0.05, 0.1) is 18.2 Å². The standard InChI is InChI=1S/C10H12ClNO2.ClH/c1-6(12)10(13)7-3-4-9(14-2)8(11)5-7;/h3-6H,12H2,1-2H3;1H. The number of nitrogens with two attached hydrogens (primary N) is 1. The minimum Gasteiger partial charge on any atom is -0.495 e. The molecule has 0 spiro atoms. The molecule has 0 heterocycles. The molecule has 84 valence electrons. The average molecular weight is 250 g/mol. The number of rotatable bonds is 3. The van der Waals surface area contributed by atoms with E-state index >= 15 is 0 Å². The number of Topliss-reactive ketones (excluding diaryl/α,β-unsaturated/α-hetero) is 1. The Hall–Kier alpha value is -0.770. The van der Waals surface area contributed by atoms with Crippen molar-refractivity contribution < 1.29 is 9.53 Å². The van der Waals surface area contributed by atoms with Crippen LogP contribution in [0.5, 0.6) is 5.75 Å². The monoisotopic (exact) mass is 249 g/mol. The van der Waals surface area contributed by atoms with Crippen molar-refractivity contribution in [1.29, 1.82) is 0 Å². The number of ketones is 1. The van der Waals surface area contributed by atoms with E-state index in [0.29, 0.717) is 16.3 Å². The van der Waals surface area contributed by atoms with Crippen LogP contribution in [0, 0.1) is 0 Å². The molecule has 0 saturated carbocycles. The fraction of sp³-hybridized carbons (Fsp3) is 0.300. The number of hydrogen-bond acceptors (Lipinski definition) is 3. The molecule has 0 aliphatic carbocycles. The second kappa shape index (κ2) is 5.95. The van der Waals surface area contributed by atoms with Crippen LogP contribution in [0.4, 0.5) is 0 Å². The topological polar surface area (TPSA) is 52.3 Å². The third-order valence-electron chi connectivity index (χ3n) is 1.85. The van der Waals surface area contributed by atoms with Crippen LogP contribution in [-0.4, -0.2) is 18.9 Å². The Balaban J connectivity index is 0.00000196. The maximum absolute atomic E-state index is 11.5. The van der Waals surface area contributed by atoms with Crippen LogP contribution in [-0.2, 0) is 0 Å². The zero-order valence-corrected chi connectivity index (χ0v) is 10.1. The van der Waals surface area contributed by atoms with E-state index in [0.717, 1.165) is 0 Å². The predicted octanol–water partition coefficient (Wildman–Crippen LogP) is 2.30. The maximum atomic E-state index is 11.5. The van der Waals surface area contributed by atoms with Crippen LogP contribution in [0.1, 0.15) is 17.3 Å². The van der Waals surface area contributed by atoms with Gasteiger partial charge in [-0.25, -0.2) is 0 Å². The molecule has 0 aromatic heterocycles. The Kier molecular flexibility index (Phi) is 5.65. The van der Waals surface area contributed by atoms with Gasteiger partial charge in [-0.3, -0.25) is 4.79 Å². The number of carbonyl (C=O) groups excluding carboxylic acids is 1. The maximum Gasteiger partial charge on any atom is 0.179 e. The Morgan fingerprint density at radius 1 is 1.53 bits per heavy atom. The number of hydrogen-bond donors (Lipinski definition) is 1. The van der Waals surface area contributed by atoms with Crippen molar-refractivity contribution in [3.63, 3.8) is 0 Å². The highest BCUT2D eigenvalue weighted by Gasteiger charge is 2.12. The molecule has 0 aliphatic rings. The van der Waals surface area contributed by atoms with E-state index in [4.69, 9.17) is 22.1 Å². The van der Waals surface area contributed by atoms with Gasteiger partial charge in [0.2, 0.25) is 0 Å². The fourth-order valence-electron chi connectivity index (χ4n) is 1.08. The van der Waals surface area contributed by atoms with Crippen molar-refractivity contribution in [2.75, 3.05) is 7.11 Å². The molecule has 15 heavy (non-hydrogen) atoms. The molecule has 0 radical (unpaired) electrons. The van der Waals surface area contributed by atoms with Crippen LogP contribution in [0.2, 0.25) is 5.02 Å². The predicted molar refractivity (Wildman–Crippen MR) is 63.2 cm³/mol. The molecule has 0 bridgehead atoms. The second-order valence-electron chi connectivity index (χ2n) is 3.00. The molecule has 5 heteroatoms. The summed E-state index contributed by atoms with van der Waals surface area (Å²) in [6.45, 7) is 1.64. The molecular formula is C10H13Cl2NO2. The molecular weight excluding hydrogens is 237 g/mol. The normalized spacial score (nSPS) is 11.5. The minimum absolute atomic E-state index is 0. The highest BCUT2D eigenvalue weighted by molar-refractivity contribution is 6.32. The lowest BCUT2D eigenvalue weighted by molar-refractivity contribution is 0.0968. The smallest absolute Gasteiger partial charge is 0.179 e. The average Bonchev–Trinajstić information content (AvgIpc) is 2.16. The van der Waals surface area contributed by atoms with Crippen LogP contribution in [0.25, 0.3) is 0 Å². The lowest BCUT2D eigenvalue weighted by Gasteiger charge is -2.07. The summed E-state index contributed by atoms with van der Waals surface area (Å²) in [5.41, 5.74) is 5.97. The fourth-order valence-corrected chi connectivity index (χ4v) is 1.34. The Bertz CT molecular complexity index is 353. The molecule has 0 aliphatic heterocycles. The second-order valence-corrected chi connectivity index (χ2v) is 3.41. The number of carbonyl (C=O) groups is 1. The summed E-state index contributed by atoms with van der Waals surface area (Å²) in [6.07, 6.45) is 0. The van der Waals surface area contributed by atoms with E-state index in [1.807, 2.05) is 0 Å². The number of ether oxygens (including phenoxy) is 1. The van der Waals surface area contributed by atoms with E-state index in [2.05, 4.69) is 0 Å². The van der Waals surface area contributed by atoms with Crippen molar-refractivity contribution in [1.82, 2.24) is 0 Å². The van der Waals surface area contributed by atoms with Crippen LogP contribution in [0.3, 0.4) is 0 Å². The summed E-state index contributed by atoms with van der Waals surface area (Å²) in [7, 11) is 1.52. The zero-order valence-electron chi connectivity index (χ0n) is 8.49. The summed E-state index contributed by atoms with van der Waals surface area (Å²) >= 11 is 5.86. The zero-order chi connectivity index (χ0) is 10.7. The molecule has 2 N–H and O–H groups in total. The van der Waals surface area contributed by atoms with Gasteiger partial charge >= 0.3 is 0 Å².